The van der Waals surface area contributed by atoms with Crippen LogP contribution < -0.4 is 20.9 Å². The predicted octanol–water partition coefficient (Wildman–Crippen LogP) is 2.95. The first-order valence-corrected chi connectivity index (χ1v) is 11.0. The Labute approximate surface area is 177 Å². The number of hydrogen-bond donors (Lipinski definition) is 3. The molecule has 158 valence electrons. The van der Waals surface area contributed by atoms with Crippen LogP contribution in [0.3, 0.4) is 0 Å². The second-order valence-electron chi connectivity index (χ2n) is 8.18. The van der Waals surface area contributed by atoms with Gasteiger partial charge < -0.3 is 25.6 Å². The Kier molecular flexibility index (Phi) is 5.81. The van der Waals surface area contributed by atoms with Gasteiger partial charge in [-0.25, -0.2) is 4.98 Å². The first kappa shape index (κ1) is 19.3. The summed E-state index contributed by atoms with van der Waals surface area (Å²) in [6.45, 7) is 6.28. The number of hydrogen-bond acceptors (Lipinski definition) is 7. The van der Waals surface area contributed by atoms with Gasteiger partial charge in [-0.05, 0) is 55.3 Å². The molecule has 2 fully saturated rings. The number of benzene rings is 1. The lowest BCUT2D eigenvalue weighted by molar-refractivity contribution is 0.122. The minimum absolute atomic E-state index is 0.433. The van der Waals surface area contributed by atoms with Crippen molar-refractivity contribution in [2.45, 2.75) is 31.8 Å². The molecule has 1 atom stereocenters. The monoisotopic (exact) mass is 406 g/mol. The van der Waals surface area contributed by atoms with Gasteiger partial charge in [-0.3, -0.25) is 4.99 Å². The number of nitrogens with zero attached hydrogens (tertiary/aromatic N) is 3. The minimum atomic E-state index is 0.433. The Morgan fingerprint density at radius 1 is 1.13 bits per heavy atom. The van der Waals surface area contributed by atoms with Crippen LogP contribution in [0.4, 0.5) is 23.0 Å². The van der Waals surface area contributed by atoms with Crippen molar-refractivity contribution < 1.29 is 4.74 Å². The molecular weight excluding hydrogens is 376 g/mol. The van der Waals surface area contributed by atoms with Crippen molar-refractivity contribution in [1.82, 2.24) is 10.3 Å². The zero-order chi connectivity index (χ0) is 20.2. The third-order valence-corrected chi connectivity index (χ3v) is 6.06. The fraction of sp³-hybridized carbons (Fsp3) is 0.478. The van der Waals surface area contributed by atoms with Gasteiger partial charge in [0.05, 0.1) is 19.8 Å². The van der Waals surface area contributed by atoms with E-state index in [1.54, 1.807) is 0 Å². The highest BCUT2D eigenvalue weighted by Gasteiger charge is 2.18. The Morgan fingerprint density at radius 2 is 2.00 bits per heavy atom. The maximum atomic E-state index is 5.46. The van der Waals surface area contributed by atoms with Crippen LogP contribution in [0.2, 0.25) is 0 Å². The predicted molar refractivity (Wildman–Crippen MR) is 122 cm³/mol. The van der Waals surface area contributed by atoms with Gasteiger partial charge in [-0.1, -0.05) is 0 Å². The molecule has 0 radical (unpaired) electrons. The average molecular weight is 407 g/mol. The van der Waals surface area contributed by atoms with E-state index < -0.39 is 0 Å². The summed E-state index contributed by atoms with van der Waals surface area (Å²) in [7, 11) is 0. The van der Waals surface area contributed by atoms with E-state index in [0.29, 0.717) is 12.6 Å². The van der Waals surface area contributed by atoms with Gasteiger partial charge in [0.2, 0.25) is 0 Å². The lowest BCUT2D eigenvalue weighted by atomic mass is 10.0. The number of anilines is 4. The van der Waals surface area contributed by atoms with Crippen LogP contribution in [0.1, 0.15) is 24.0 Å². The molecule has 2 aromatic rings. The van der Waals surface area contributed by atoms with Crippen molar-refractivity contribution in [2.75, 3.05) is 54.9 Å². The van der Waals surface area contributed by atoms with Crippen molar-refractivity contribution in [3.05, 3.63) is 41.5 Å². The highest BCUT2D eigenvalue weighted by Crippen LogP contribution is 2.29. The van der Waals surface area contributed by atoms with Gasteiger partial charge in [0.1, 0.15) is 11.6 Å². The van der Waals surface area contributed by atoms with E-state index in [0.717, 1.165) is 63.1 Å². The van der Waals surface area contributed by atoms with Gasteiger partial charge in [0.25, 0.3) is 0 Å². The molecule has 5 rings (SSSR count). The summed E-state index contributed by atoms with van der Waals surface area (Å²) >= 11 is 0. The summed E-state index contributed by atoms with van der Waals surface area (Å²) in [5, 5.41) is 10.7. The van der Waals surface area contributed by atoms with Gasteiger partial charge in [0.15, 0.2) is 0 Å². The van der Waals surface area contributed by atoms with Crippen LogP contribution in [-0.4, -0.2) is 56.6 Å². The maximum absolute atomic E-state index is 5.46. The van der Waals surface area contributed by atoms with E-state index in [2.05, 4.69) is 56.2 Å². The zero-order valence-electron chi connectivity index (χ0n) is 17.4. The summed E-state index contributed by atoms with van der Waals surface area (Å²) < 4.78 is 5.46. The Hall–Kier alpha value is -2.64. The second kappa shape index (κ2) is 9.02. The first-order valence-electron chi connectivity index (χ1n) is 11.0. The molecule has 0 aliphatic carbocycles. The van der Waals surface area contributed by atoms with Crippen LogP contribution in [0.15, 0.2) is 35.3 Å². The molecule has 3 aliphatic rings. The average Bonchev–Trinajstić information content (AvgIpc) is 2.81. The zero-order valence-corrected chi connectivity index (χ0v) is 17.4. The summed E-state index contributed by atoms with van der Waals surface area (Å²) in [5.41, 5.74) is 4.79. The summed E-state index contributed by atoms with van der Waals surface area (Å²) in [6.07, 6.45) is 5.25. The smallest absolute Gasteiger partial charge is 0.138 e. The van der Waals surface area contributed by atoms with Crippen molar-refractivity contribution >= 4 is 29.2 Å². The van der Waals surface area contributed by atoms with E-state index in [1.165, 1.54) is 29.7 Å². The standard InChI is InChI=1S/C23H30N6O/c1-2-19(15-24-8-1)26-22-14-17-7-9-25-16-21(17)23(28-22)27-18-3-5-20(6-4-18)29-10-12-30-13-11-29/h3-6,9,14,19,24H,1-2,7-8,10-13,15-16H2,(H2,26,27,28)/t19-/m0/s1. The number of morpholine rings is 1. The number of rotatable bonds is 5. The van der Waals surface area contributed by atoms with Crippen molar-refractivity contribution in [3.63, 3.8) is 0 Å². The topological polar surface area (TPSA) is 73.8 Å². The summed E-state index contributed by atoms with van der Waals surface area (Å²) in [5.74, 6) is 1.86. The number of ether oxygens (including phenoxy) is 1. The van der Waals surface area contributed by atoms with E-state index in [-0.39, 0.29) is 0 Å². The maximum Gasteiger partial charge on any atom is 0.138 e. The quantitative estimate of drug-likeness (QED) is 0.709. The van der Waals surface area contributed by atoms with Crippen LogP contribution in [0.5, 0.6) is 0 Å². The summed E-state index contributed by atoms with van der Waals surface area (Å²) in [6, 6.07) is 11.2. The number of aliphatic imine (C=N–C) groups is 1. The highest BCUT2D eigenvalue weighted by atomic mass is 16.5. The fourth-order valence-corrected chi connectivity index (χ4v) is 4.38. The molecule has 0 saturated carbocycles. The molecule has 1 aromatic heterocycles. The lowest BCUT2D eigenvalue weighted by Crippen LogP contribution is -2.38. The number of fused-ring (bicyclic) bond motifs is 1. The SMILES string of the molecule is C1=NCc2c(cc(N[C@H]3CCCNC3)nc2Nc2ccc(N3CCOCC3)cc2)C1. The number of pyridine rings is 1. The molecule has 0 amide bonds. The number of aromatic nitrogens is 1. The third kappa shape index (κ3) is 4.42. The molecule has 3 aliphatic heterocycles. The minimum Gasteiger partial charge on any atom is -0.378 e. The molecule has 7 heteroatoms. The molecule has 0 bridgehead atoms. The van der Waals surface area contributed by atoms with Crippen LogP contribution >= 0.6 is 0 Å². The van der Waals surface area contributed by atoms with E-state index in [9.17, 15) is 0 Å². The van der Waals surface area contributed by atoms with Gasteiger partial charge in [-0.2, -0.15) is 0 Å². The fourth-order valence-electron chi connectivity index (χ4n) is 4.38. The first-order chi connectivity index (χ1) is 14.8. The molecule has 2 saturated heterocycles. The Balaban J connectivity index is 1.35. The number of piperidine rings is 1. The van der Waals surface area contributed by atoms with E-state index in [1.807, 2.05) is 6.21 Å². The van der Waals surface area contributed by atoms with Gasteiger partial charge in [-0.15, -0.1) is 0 Å². The molecule has 0 unspecified atom stereocenters. The van der Waals surface area contributed by atoms with Gasteiger partial charge >= 0.3 is 0 Å². The van der Waals surface area contributed by atoms with Crippen LogP contribution in [0.25, 0.3) is 0 Å². The van der Waals surface area contributed by atoms with E-state index in [4.69, 9.17) is 9.72 Å². The van der Waals surface area contributed by atoms with Crippen LogP contribution in [0, 0.1) is 0 Å². The highest BCUT2D eigenvalue weighted by molar-refractivity contribution is 5.72. The van der Waals surface area contributed by atoms with E-state index >= 15 is 0 Å². The molecule has 3 N–H and O–H groups in total. The third-order valence-electron chi connectivity index (χ3n) is 6.06. The van der Waals surface area contributed by atoms with Crippen molar-refractivity contribution in [3.8, 4) is 0 Å². The molecular formula is C23H30N6O. The van der Waals surface area contributed by atoms with Gasteiger partial charge in [0, 0.05) is 55.2 Å². The lowest BCUT2D eigenvalue weighted by Gasteiger charge is -2.29. The summed E-state index contributed by atoms with van der Waals surface area (Å²) in [4.78, 5) is 11.8. The molecule has 4 heterocycles. The molecule has 0 spiro atoms. The molecule has 30 heavy (non-hydrogen) atoms. The Morgan fingerprint density at radius 3 is 2.80 bits per heavy atom. The molecule has 7 nitrogen and oxygen atoms in total. The molecule has 1 aromatic carbocycles. The second-order valence-corrected chi connectivity index (χ2v) is 8.18. The Bertz CT molecular complexity index is 885. The van der Waals surface area contributed by atoms with Crippen LogP contribution in [-0.2, 0) is 17.7 Å². The number of nitrogens with one attached hydrogen (secondary N) is 3. The van der Waals surface area contributed by atoms with Crippen molar-refractivity contribution in [1.29, 1.82) is 0 Å². The van der Waals surface area contributed by atoms with Crippen molar-refractivity contribution in [2.24, 2.45) is 4.99 Å². The normalized spacial score (nSPS) is 21.2. The largest absolute Gasteiger partial charge is 0.378 e.